The molecule has 0 aromatic carbocycles. The van der Waals surface area contributed by atoms with Crippen molar-refractivity contribution in [3.05, 3.63) is 12.3 Å². The van der Waals surface area contributed by atoms with Crippen LogP contribution in [0.4, 0.5) is 11.8 Å². The summed E-state index contributed by atoms with van der Waals surface area (Å²) in [7, 11) is 2.01. The van der Waals surface area contributed by atoms with E-state index in [9.17, 15) is 5.11 Å². The van der Waals surface area contributed by atoms with E-state index >= 15 is 0 Å². The van der Waals surface area contributed by atoms with Crippen molar-refractivity contribution < 1.29 is 5.11 Å². The van der Waals surface area contributed by atoms with Crippen LogP contribution in [0.25, 0.3) is 0 Å². The SMILES string of the molecule is CCCNc1nccc(N(C)C2CCCCC2O)n1. The normalized spacial score (nSPS) is 23.1. The van der Waals surface area contributed by atoms with Gasteiger partial charge in [0, 0.05) is 19.8 Å². The number of anilines is 2. The average Bonchev–Trinajstić information content (AvgIpc) is 2.45. The largest absolute Gasteiger partial charge is 0.391 e. The van der Waals surface area contributed by atoms with Gasteiger partial charge in [0.2, 0.25) is 5.95 Å². The van der Waals surface area contributed by atoms with Crippen molar-refractivity contribution in [2.45, 2.75) is 51.2 Å². The lowest BCUT2D eigenvalue weighted by molar-refractivity contribution is 0.106. The van der Waals surface area contributed by atoms with Crippen molar-refractivity contribution in [2.24, 2.45) is 0 Å². The molecule has 1 fully saturated rings. The van der Waals surface area contributed by atoms with E-state index in [0.717, 1.165) is 38.0 Å². The number of aromatic nitrogens is 2. The molecule has 2 rings (SSSR count). The summed E-state index contributed by atoms with van der Waals surface area (Å²) >= 11 is 0. The monoisotopic (exact) mass is 264 g/mol. The van der Waals surface area contributed by atoms with Crippen LogP contribution in [0, 0.1) is 0 Å². The molecule has 0 saturated heterocycles. The number of rotatable bonds is 5. The molecule has 19 heavy (non-hydrogen) atoms. The zero-order valence-electron chi connectivity index (χ0n) is 11.8. The summed E-state index contributed by atoms with van der Waals surface area (Å²) in [4.78, 5) is 10.8. The predicted octanol–water partition coefficient (Wildman–Crippen LogP) is 2.04. The van der Waals surface area contributed by atoms with E-state index in [1.54, 1.807) is 6.20 Å². The van der Waals surface area contributed by atoms with Gasteiger partial charge < -0.3 is 15.3 Å². The smallest absolute Gasteiger partial charge is 0.224 e. The van der Waals surface area contributed by atoms with Crippen molar-refractivity contribution in [1.29, 1.82) is 0 Å². The quantitative estimate of drug-likeness (QED) is 0.852. The summed E-state index contributed by atoms with van der Waals surface area (Å²) in [6, 6.07) is 2.07. The van der Waals surface area contributed by atoms with Gasteiger partial charge in [0.1, 0.15) is 5.82 Å². The lowest BCUT2D eigenvalue weighted by Gasteiger charge is -2.35. The number of aliphatic hydroxyl groups is 1. The third-order valence-electron chi connectivity index (χ3n) is 3.73. The minimum absolute atomic E-state index is 0.169. The fraction of sp³-hybridized carbons (Fsp3) is 0.714. The molecule has 0 aliphatic heterocycles. The van der Waals surface area contributed by atoms with E-state index in [2.05, 4.69) is 27.1 Å². The van der Waals surface area contributed by atoms with Crippen LogP contribution >= 0.6 is 0 Å². The highest BCUT2D eigenvalue weighted by Crippen LogP contribution is 2.25. The van der Waals surface area contributed by atoms with Crippen molar-refractivity contribution in [3.8, 4) is 0 Å². The van der Waals surface area contributed by atoms with Crippen molar-refractivity contribution >= 4 is 11.8 Å². The molecule has 2 N–H and O–H groups in total. The first kappa shape index (κ1) is 14.1. The molecule has 0 bridgehead atoms. The molecule has 5 nitrogen and oxygen atoms in total. The maximum atomic E-state index is 10.1. The Labute approximate surface area is 115 Å². The number of nitrogens with zero attached hydrogens (tertiary/aromatic N) is 3. The Hall–Kier alpha value is -1.36. The van der Waals surface area contributed by atoms with Crippen molar-refractivity contribution in [3.63, 3.8) is 0 Å². The molecule has 0 amide bonds. The third-order valence-corrected chi connectivity index (χ3v) is 3.73. The average molecular weight is 264 g/mol. The molecular weight excluding hydrogens is 240 g/mol. The van der Waals surface area contributed by atoms with Crippen LogP contribution in [0.3, 0.4) is 0 Å². The van der Waals surface area contributed by atoms with Crippen molar-refractivity contribution in [1.82, 2.24) is 9.97 Å². The molecular formula is C14H24N4O. The molecule has 2 atom stereocenters. The first-order valence-corrected chi connectivity index (χ1v) is 7.20. The second-order valence-corrected chi connectivity index (χ2v) is 5.20. The zero-order valence-corrected chi connectivity index (χ0v) is 11.8. The summed E-state index contributed by atoms with van der Waals surface area (Å²) in [6.07, 6.45) is 6.79. The first-order chi connectivity index (χ1) is 9.22. The minimum Gasteiger partial charge on any atom is -0.391 e. The van der Waals surface area contributed by atoms with Gasteiger partial charge in [-0.25, -0.2) is 4.98 Å². The van der Waals surface area contributed by atoms with Crippen LogP contribution in [0.15, 0.2) is 12.3 Å². The highest BCUT2D eigenvalue weighted by Gasteiger charge is 2.27. The van der Waals surface area contributed by atoms with Gasteiger partial charge >= 0.3 is 0 Å². The number of hydrogen-bond donors (Lipinski definition) is 2. The summed E-state index contributed by atoms with van der Waals surface area (Å²) in [5.74, 6) is 1.54. The lowest BCUT2D eigenvalue weighted by Crippen LogP contribution is -2.43. The number of nitrogens with one attached hydrogen (secondary N) is 1. The summed E-state index contributed by atoms with van der Waals surface area (Å²) in [5, 5.41) is 13.3. The van der Waals surface area contributed by atoms with Gasteiger partial charge in [-0.05, 0) is 25.3 Å². The highest BCUT2D eigenvalue weighted by molar-refractivity contribution is 5.43. The highest BCUT2D eigenvalue weighted by atomic mass is 16.3. The van der Waals surface area contributed by atoms with Gasteiger partial charge in [-0.2, -0.15) is 4.98 Å². The zero-order chi connectivity index (χ0) is 13.7. The Kier molecular flexibility index (Phi) is 4.96. The molecule has 0 spiro atoms. The molecule has 2 unspecified atom stereocenters. The van der Waals surface area contributed by atoms with Gasteiger partial charge in [-0.3, -0.25) is 0 Å². The summed E-state index contributed by atoms with van der Waals surface area (Å²) in [6.45, 7) is 2.99. The van der Waals surface area contributed by atoms with E-state index in [0.29, 0.717) is 5.95 Å². The second-order valence-electron chi connectivity index (χ2n) is 5.20. The Balaban J connectivity index is 2.07. The lowest BCUT2D eigenvalue weighted by atomic mass is 9.91. The number of aliphatic hydroxyl groups excluding tert-OH is 1. The minimum atomic E-state index is -0.249. The molecule has 1 saturated carbocycles. The van der Waals surface area contributed by atoms with E-state index < -0.39 is 0 Å². The second kappa shape index (κ2) is 6.70. The van der Waals surface area contributed by atoms with Crippen LogP contribution in [-0.4, -0.2) is 40.8 Å². The summed E-state index contributed by atoms with van der Waals surface area (Å²) in [5.41, 5.74) is 0. The third kappa shape index (κ3) is 3.56. The fourth-order valence-electron chi connectivity index (χ4n) is 2.58. The van der Waals surface area contributed by atoms with Crippen LogP contribution in [0.5, 0.6) is 0 Å². The molecule has 0 radical (unpaired) electrons. The van der Waals surface area contributed by atoms with Gasteiger partial charge in [0.05, 0.1) is 12.1 Å². The van der Waals surface area contributed by atoms with E-state index in [1.807, 2.05) is 13.1 Å². The van der Waals surface area contributed by atoms with Crippen LogP contribution < -0.4 is 10.2 Å². The van der Waals surface area contributed by atoms with Crippen LogP contribution in [0.2, 0.25) is 0 Å². The number of likely N-dealkylation sites (N-methyl/N-ethyl adjacent to an activating group) is 1. The molecule has 5 heteroatoms. The molecule has 106 valence electrons. The Bertz CT molecular complexity index is 399. The Morgan fingerprint density at radius 1 is 1.42 bits per heavy atom. The topological polar surface area (TPSA) is 61.3 Å². The predicted molar refractivity (Wildman–Crippen MR) is 77.5 cm³/mol. The molecule has 1 heterocycles. The number of hydrogen-bond acceptors (Lipinski definition) is 5. The fourth-order valence-corrected chi connectivity index (χ4v) is 2.58. The van der Waals surface area contributed by atoms with Gasteiger partial charge in [0.15, 0.2) is 0 Å². The van der Waals surface area contributed by atoms with Gasteiger partial charge in [0.25, 0.3) is 0 Å². The van der Waals surface area contributed by atoms with E-state index in [-0.39, 0.29) is 12.1 Å². The maximum absolute atomic E-state index is 10.1. The Morgan fingerprint density at radius 3 is 2.95 bits per heavy atom. The maximum Gasteiger partial charge on any atom is 0.224 e. The van der Waals surface area contributed by atoms with E-state index in [1.165, 1.54) is 6.42 Å². The standard InChI is InChI=1S/C14H24N4O/c1-3-9-15-14-16-10-8-13(17-14)18(2)11-6-4-5-7-12(11)19/h8,10-12,19H,3-7,9H2,1-2H3,(H,15,16,17). The van der Waals surface area contributed by atoms with Crippen LogP contribution in [0.1, 0.15) is 39.0 Å². The molecule has 1 aliphatic rings. The summed E-state index contributed by atoms with van der Waals surface area (Å²) < 4.78 is 0. The molecule has 1 aromatic rings. The van der Waals surface area contributed by atoms with E-state index in [4.69, 9.17) is 0 Å². The van der Waals surface area contributed by atoms with Crippen molar-refractivity contribution in [2.75, 3.05) is 23.8 Å². The van der Waals surface area contributed by atoms with Crippen LogP contribution in [-0.2, 0) is 0 Å². The van der Waals surface area contributed by atoms with Gasteiger partial charge in [-0.15, -0.1) is 0 Å². The first-order valence-electron chi connectivity index (χ1n) is 7.20. The Morgan fingerprint density at radius 2 is 2.21 bits per heavy atom. The molecule has 1 aliphatic carbocycles. The van der Waals surface area contributed by atoms with Gasteiger partial charge in [-0.1, -0.05) is 19.8 Å². The molecule has 1 aromatic heterocycles.